The van der Waals surface area contributed by atoms with Crippen LogP contribution in [0.5, 0.6) is 0 Å². The largest absolute Gasteiger partial charge is 0.481 e. The zero-order valence-corrected chi connectivity index (χ0v) is 10.2. The highest BCUT2D eigenvalue weighted by Crippen LogP contribution is 2.27. The van der Waals surface area contributed by atoms with E-state index in [0.29, 0.717) is 12.6 Å². The molecule has 0 spiro atoms. The van der Waals surface area contributed by atoms with Crippen LogP contribution >= 0.6 is 0 Å². The Morgan fingerprint density at radius 3 is 2.88 bits per heavy atom. The molecule has 2 N–H and O–H groups in total. The van der Waals surface area contributed by atoms with Gasteiger partial charge in [0.2, 0.25) is 0 Å². The molecule has 4 heteroatoms. The third-order valence-electron chi connectivity index (χ3n) is 3.87. The van der Waals surface area contributed by atoms with E-state index in [1.54, 1.807) is 0 Å². The molecule has 0 bridgehead atoms. The first kappa shape index (κ1) is 11.9. The lowest BCUT2D eigenvalue weighted by Crippen LogP contribution is -2.42. The fourth-order valence-corrected chi connectivity index (χ4v) is 2.89. The molecule has 0 aromatic carbocycles. The summed E-state index contributed by atoms with van der Waals surface area (Å²) in [7, 11) is 0. The Morgan fingerprint density at radius 2 is 2.25 bits per heavy atom. The third-order valence-corrected chi connectivity index (χ3v) is 3.87. The van der Waals surface area contributed by atoms with Crippen LogP contribution in [-0.4, -0.2) is 48.2 Å². The average molecular weight is 226 g/mol. The van der Waals surface area contributed by atoms with Gasteiger partial charge in [0, 0.05) is 25.7 Å². The summed E-state index contributed by atoms with van der Waals surface area (Å²) in [6.45, 7) is 7.49. The number of aliphatic carboxylic acids is 1. The van der Waals surface area contributed by atoms with Crippen LogP contribution in [0.1, 0.15) is 26.7 Å². The molecule has 2 aliphatic rings. The van der Waals surface area contributed by atoms with E-state index in [-0.39, 0.29) is 0 Å². The molecule has 2 fully saturated rings. The van der Waals surface area contributed by atoms with Gasteiger partial charge >= 0.3 is 5.97 Å². The van der Waals surface area contributed by atoms with E-state index in [9.17, 15) is 4.79 Å². The van der Waals surface area contributed by atoms with Crippen LogP contribution in [0, 0.1) is 11.3 Å². The molecule has 0 unspecified atom stereocenters. The molecule has 2 aliphatic heterocycles. The molecule has 0 aliphatic carbocycles. The van der Waals surface area contributed by atoms with E-state index in [1.807, 2.05) is 13.8 Å². The van der Waals surface area contributed by atoms with E-state index in [0.717, 1.165) is 25.6 Å². The predicted octanol–water partition coefficient (Wildman–Crippen LogP) is 0.781. The van der Waals surface area contributed by atoms with Gasteiger partial charge in [0.05, 0.1) is 5.41 Å². The minimum absolute atomic E-state index is 0.596. The Labute approximate surface area is 97.0 Å². The van der Waals surface area contributed by atoms with Gasteiger partial charge in [0.15, 0.2) is 0 Å². The van der Waals surface area contributed by atoms with Gasteiger partial charge in [-0.2, -0.15) is 0 Å². The molecule has 2 rings (SSSR count). The highest BCUT2D eigenvalue weighted by Gasteiger charge is 2.38. The van der Waals surface area contributed by atoms with Crippen molar-refractivity contribution in [3.63, 3.8) is 0 Å². The first-order chi connectivity index (χ1) is 7.49. The second-order valence-corrected chi connectivity index (χ2v) is 5.85. The summed E-state index contributed by atoms with van der Waals surface area (Å²) in [5, 5.41) is 12.7. The van der Waals surface area contributed by atoms with Gasteiger partial charge in [-0.3, -0.25) is 4.79 Å². The smallest absolute Gasteiger partial charge is 0.310 e. The number of carboxylic acid groups (broad SMARTS) is 1. The Kier molecular flexibility index (Phi) is 3.22. The van der Waals surface area contributed by atoms with E-state index < -0.39 is 11.4 Å². The van der Waals surface area contributed by atoms with Crippen LogP contribution in [0.3, 0.4) is 0 Å². The molecule has 0 amide bonds. The Bertz CT molecular complexity index is 264. The fraction of sp³-hybridized carbons (Fsp3) is 0.917. The Balaban J connectivity index is 1.91. The molecule has 4 nitrogen and oxygen atoms in total. The fourth-order valence-electron chi connectivity index (χ4n) is 2.89. The van der Waals surface area contributed by atoms with E-state index >= 15 is 0 Å². The van der Waals surface area contributed by atoms with Crippen molar-refractivity contribution in [2.75, 3.05) is 26.2 Å². The standard InChI is InChI=1S/C12H22N2O2/c1-12(2,11(15)16)8-14-6-9-4-3-5-13-10(9)7-14/h9-10,13H,3-8H2,1-2H3,(H,15,16)/t9-,10+/m0/s1. The first-order valence-electron chi connectivity index (χ1n) is 6.18. The zero-order valence-electron chi connectivity index (χ0n) is 10.2. The monoisotopic (exact) mass is 226 g/mol. The number of nitrogens with one attached hydrogen (secondary N) is 1. The highest BCUT2D eigenvalue weighted by atomic mass is 16.4. The van der Waals surface area contributed by atoms with Crippen LogP contribution in [0.2, 0.25) is 0 Å². The maximum Gasteiger partial charge on any atom is 0.310 e. The number of hydrogen-bond donors (Lipinski definition) is 2. The minimum Gasteiger partial charge on any atom is -0.481 e. The van der Waals surface area contributed by atoms with E-state index in [1.165, 1.54) is 12.8 Å². The van der Waals surface area contributed by atoms with Gasteiger partial charge in [0.25, 0.3) is 0 Å². The topological polar surface area (TPSA) is 52.6 Å². The maximum atomic E-state index is 11.1. The number of likely N-dealkylation sites (tertiary alicyclic amines) is 1. The zero-order chi connectivity index (χ0) is 11.8. The Hall–Kier alpha value is -0.610. The van der Waals surface area contributed by atoms with Crippen molar-refractivity contribution in [2.24, 2.45) is 11.3 Å². The molecule has 0 aromatic rings. The third kappa shape index (κ3) is 2.38. The van der Waals surface area contributed by atoms with E-state index in [2.05, 4.69) is 10.2 Å². The number of piperidine rings is 1. The van der Waals surface area contributed by atoms with Crippen LogP contribution in [0.25, 0.3) is 0 Å². The van der Waals surface area contributed by atoms with Gasteiger partial charge in [-0.1, -0.05) is 0 Å². The summed E-state index contributed by atoms with van der Waals surface area (Å²) in [6.07, 6.45) is 2.55. The number of carbonyl (C=O) groups is 1. The second kappa shape index (κ2) is 4.34. The van der Waals surface area contributed by atoms with E-state index in [4.69, 9.17) is 5.11 Å². The summed E-state index contributed by atoms with van der Waals surface area (Å²) >= 11 is 0. The molecule has 92 valence electrons. The quantitative estimate of drug-likeness (QED) is 0.747. The number of rotatable bonds is 3. The lowest BCUT2D eigenvalue weighted by atomic mass is 9.93. The van der Waals surface area contributed by atoms with Crippen molar-refractivity contribution in [1.29, 1.82) is 0 Å². The molecule has 2 heterocycles. The van der Waals surface area contributed by atoms with Crippen LogP contribution in [0.15, 0.2) is 0 Å². The SMILES string of the molecule is CC(C)(CN1C[C@@H]2CCCN[C@@H]2C1)C(=O)O. The summed E-state index contributed by atoms with van der Waals surface area (Å²) < 4.78 is 0. The van der Waals surface area contributed by atoms with Crippen molar-refractivity contribution in [3.05, 3.63) is 0 Å². The highest BCUT2D eigenvalue weighted by molar-refractivity contribution is 5.73. The van der Waals surface area contributed by atoms with Gasteiger partial charge < -0.3 is 15.3 Å². The van der Waals surface area contributed by atoms with Gasteiger partial charge in [-0.25, -0.2) is 0 Å². The van der Waals surface area contributed by atoms with Gasteiger partial charge in [0.1, 0.15) is 0 Å². The van der Waals surface area contributed by atoms with Crippen LogP contribution < -0.4 is 5.32 Å². The minimum atomic E-state index is -0.699. The Morgan fingerprint density at radius 1 is 1.50 bits per heavy atom. The van der Waals surface area contributed by atoms with Crippen molar-refractivity contribution in [1.82, 2.24) is 10.2 Å². The summed E-state index contributed by atoms with van der Waals surface area (Å²) in [5.41, 5.74) is -0.631. The average Bonchev–Trinajstić information content (AvgIpc) is 2.58. The van der Waals surface area contributed by atoms with Crippen LogP contribution in [-0.2, 0) is 4.79 Å². The second-order valence-electron chi connectivity index (χ2n) is 5.85. The molecule has 0 saturated carbocycles. The van der Waals surface area contributed by atoms with Crippen molar-refractivity contribution in [3.8, 4) is 0 Å². The molecule has 0 radical (unpaired) electrons. The van der Waals surface area contributed by atoms with Crippen molar-refractivity contribution in [2.45, 2.75) is 32.7 Å². The van der Waals surface area contributed by atoms with Crippen molar-refractivity contribution < 1.29 is 9.90 Å². The molecule has 2 atom stereocenters. The lowest BCUT2D eigenvalue weighted by molar-refractivity contribution is -0.147. The summed E-state index contributed by atoms with van der Waals surface area (Å²) in [4.78, 5) is 13.4. The molecule has 2 saturated heterocycles. The number of nitrogens with zero attached hydrogens (tertiary/aromatic N) is 1. The summed E-state index contributed by atoms with van der Waals surface area (Å²) in [6, 6.07) is 0.596. The van der Waals surface area contributed by atoms with Crippen molar-refractivity contribution >= 4 is 5.97 Å². The first-order valence-corrected chi connectivity index (χ1v) is 6.18. The normalized spacial score (nSPS) is 31.4. The summed E-state index contributed by atoms with van der Waals surface area (Å²) in [5.74, 6) is 0.0358. The lowest BCUT2D eigenvalue weighted by Gasteiger charge is -2.26. The van der Waals surface area contributed by atoms with Crippen LogP contribution in [0.4, 0.5) is 0 Å². The molecule has 0 aromatic heterocycles. The maximum absolute atomic E-state index is 11.1. The number of fused-ring (bicyclic) bond motifs is 1. The van der Waals surface area contributed by atoms with Gasteiger partial charge in [-0.05, 0) is 39.2 Å². The number of carboxylic acids is 1. The van der Waals surface area contributed by atoms with Gasteiger partial charge in [-0.15, -0.1) is 0 Å². The number of hydrogen-bond acceptors (Lipinski definition) is 3. The molecular formula is C12H22N2O2. The molecule has 16 heavy (non-hydrogen) atoms. The predicted molar refractivity (Wildman–Crippen MR) is 62.4 cm³/mol. The molecular weight excluding hydrogens is 204 g/mol.